The van der Waals surface area contributed by atoms with E-state index >= 15 is 0 Å². The minimum absolute atomic E-state index is 0.542. The van der Waals surface area contributed by atoms with Gasteiger partial charge in [0.2, 0.25) is 0 Å². The van der Waals surface area contributed by atoms with Gasteiger partial charge in [0.15, 0.2) is 0 Å². The molecule has 1 heteroatoms. The highest BCUT2D eigenvalue weighted by Gasteiger charge is 2.03. The molecule has 0 aromatic rings. The zero-order valence-corrected chi connectivity index (χ0v) is 13.9. The Morgan fingerprint density at radius 2 is 1.65 bits per heavy atom. The van der Waals surface area contributed by atoms with Gasteiger partial charge in [0, 0.05) is 0 Å². The number of ether oxygens (including phenoxy) is 1. The maximum Gasteiger partial charge on any atom is 0.0528 e. The molecular formula is C19H36O. The van der Waals surface area contributed by atoms with Crippen LogP contribution in [0.3, 0.4) is 0 Å². The molecule has 0 aromatic carbocycles. The van der Waals surface area contributed by atoms with E-state index in [9.17, 15) is 0 Å². The first-order valence-electron chi connectivity index (χ1n) is 8.70. The Hall–Kier alpha value is -0.560. The highest BCUT2D eigenvalue weighted by Crippen LogP contribution is 2.14. The molecule has 0 spiro atoms. The summed E-state index contributed by atoms with van der Waals surface area (Å²) in [7, 11) is 0. The second-order valence-corrected chi connectivity index (χ2v) is 5.65. The van der Waals surface area contributed by atoms with E-state index in [-0.39, 0.29) is 0 Å². The summed E-state index contributed by atoms with van der Waals surface area (Å²) in [4.78, 5) is 0. The van der Waals surface area contributed by atoms with E-state index in [0.717, 1.165) is 26.1 Å². The second-order valence-electron chi connectivity index (χ2n) is 5.65. The Bertz CT molecular complexity index is 220. The molecule has 118 valence electrons. The molecule has 0 aromatic heterocycles. The van der Waals surface area contributed by atoms with Crippen molar-refractivity contribution in [3.63, 3.8) is 0 Å². The lowest BCUT2D eigenvalue weighted by molar-refractivity contribution is 0.113. The first kappa shape index (κ1) is 19.4. The van der Waals surface area contributed by atoms with Crippen molar-refractivity contribution < 1.29 is 4.74 Å². The number of unbranched alkanes of at least 4 members (excludes halogenated alkanes) is 6. The summed E-state index contributed by atoms with van der Waals surface area (Å²) in [5, 5.41) is 0. The molecule has 0 amide bonds. The quantitative estimate of drug-likeness (QED) is 0.252. The molecule has 0 bridgehead atoms. The average Bonchev–Trinajstić information content (AvgIpc) is 2.47. The van der Waals surface area contributed by atoms with Crippen molar-refractivity contribution in [2.45, 2.75) is 78.1 Å². The van der Waals surface area contributed by atoms with E-state index in [1.165, 1.54) is 51.4 Å². The van der Waals surface area contributed by atoms with Crippen LogP contribution < -0.4 is 0 Å². The molecular weight excluding hydrogens is 244 g/mol. The fourth-order valence-corrected chi connectivity index (χ4v) is 2.30. The minimum Gasteiger partial charge on any atom is -0.381 e. The summed E-state index contributed by atoms with van der Waals surface area (Å²) < 4.78 is 5.72. The van der Waals surface area contributed by atoms with Crippen LogP contribution in [0.1, 0.15) is 78.1 Å². The molecule has 1 unspecified atom stereocenters. The number of rotatable bonds is 15. The van der Waals surface area contributed by atoms with Crippen LogP contribution in [0, 0.1) is 5.92 Å². The lowest BCUT2D eigenvalue weighted by Gasteiger charge is -2.12. The normalized spacial score (nSPS) is 12.9. The molecule has 0 aliphatic heterocycles. The Kier molecular flexibility index (Phi) is 16.0. The van der Waals surface area contributed by atoms with Crippen LogP contribution in [0.2, 0.25) is 0 Å². The summed E-state index contributed by atoms with van der Waals surface area (Å²) in [6, 6.07) is 0. The van der Waals surface area contributed by atoms with E-state index in [2.05, 4.69) is 38.7 Å². The van der Waals surface area contributed by atoms with Crippen molar-refractivity contribution in [3.8, 4) is 0 Å². The van der Waals surface area contributed by atoms with Crippen molar-refractivity contribution >= 4 is 0 Å². The van der Waals surface area contributed by atoms with Gasteiger partial charge in [-0.3, -0.25) is 0 Å². The zero-order chi connectivity index (χ0) is 14.9. The highest BCUT2D eigenvalue weighted by atomic mass is 16.5. The van der Waals surface area contributed by atoms with Gasteiger partial charge in [-0.15, -0.1) is 6.58 Å². The van der Waals surface area contributed by atoms with Crippen molar-refractivity contribution in [2.24, 2.45) is 5.92 Å². The lowest BCUT2D eigenvalue weighted by Crippen LogP contribution is -2.07. The monoisotopic (exact) mass is 280 g/mol. The van der Waals surface area contributed by atoms with Crippen molar-refractivity contribution in [1.82, 2.24) is 0 Å². The van der Waals surface area contributed by atoms with Crippen LogP contribution in [0.5, 0.6) is 0 Å². The zero-order valence-electron chi connectivity index (χ0n) is 13.9. The first-order valence-corrected chi connectivity index (χ1v) is 8.70. The van der Waals surface area contributed by atoms with E-state index in [0.29, 0.717) is 5.92 Å². The molecule has 0 heterocycles. The highest BCUT2D eigenvalue weighted by molar-refractivity contribution is 4.81. The Balaban J connectivity index is 3.38. The number of hydrogen-bond acceptors (Lipinski definition) is 1. The Labute approximate surface area is 127 Å². The molecule has 0 fully saturated rings. The summed E-state index contributed by atoms with van der Waals surface area (Å²) in [5.74, 6) is 0.542. The van der Waals surface area contributed by atoms with Crippen LogP contribution in [0.15, 0.2) is 24.8 Å². The summed E-state index contributed by atoms with van der Waals surface area (Å²) in [6.07, 6.45) is 19.5. The summed E-state index contributed by atoms with van der Waals surface area (Å²) >= 11 is 0. The van der Waals surface area contributed by atoms with Crippen LogP contribution in [0.25, 0.3) is 0 Å². The molecule has 1 nitrogen and oxygen atoms in total. The third-order valence-electron chi connectivity index (χ3n) is 3.67. The topological polar surface area (TPSA) is 9.23 Å². The molecule has 0 saturated carbocycles. The molecule has 0 aliphatic carbocycles. The van der Waals surface area contributed by atoms with Crippen LogP contribution in [0.4, 0.5) is 0 Å². The van der Waals surface area contributed by atoms with Crippen molar-refractivity contribution in [1.29, 1.82) is 0 Å². The largest absolute Gasteiger partial charge is 0.381 e. The minimum atomic E-state index is 0.542. The predicted octanol–water partition coefficient (Wildman–Crippen LogP) is 6.30. The average molecular weight is 280 g/mol. The van der Waals surface area contributed by atoms with Gasteiger partial charge in [-0.25, -0.2) is 0 Å². The molecule has 0 N–H and O–H groups in total. The maximum atomic E-state index is 5.72. The van der Waals surface area contributed by atoms with E-state index in [1.54, 1.807) is 0 Å². The third kappa shape index (κ3) is 13.9. The number of hydrogen-bond donors (Lipinski definition) is 0. The third-order valence-corrected chi connectivity index (χ3v) is 3.67. The van der Waals surface area contributed by atoms with Gasteiger partial charge in [0.1, 0.15) is 0 Å². The Morgan fingerprint density at radius 1 is 0.950 bits per heavy atom. The fraction of sp³-hybridized carbons (Fsp3) is 0.789. The standard InChI is InChI=1S/C19H36O/c1-4-7-9-11-12-13-14-16-19(6-3)18-20-17-15-10-8-5-2/h6,8,10,19H,3-5,7,9,11-18H2,1-2H3. The lowest BCUT2D eigenvalue weighted by atomic mass is 10.0. The van der Waals surface area contributed by atoms with Gasteiger partial charge < -0.3 is 4.74 Å². The van der Waals surface area contributed by atoms with Gasteiger partial charge in [-0.05, 0) is 25.2 Å². The van der Waals surface area contributed by atoms with Crippen molar-refractivity contribution in [3.05, 3.63) is 24.8 Å². The van der Waals surface area contributed by atoms with Gasteiger partial charge >= 0.3 is 0 Å². The second kappa shape index (κ2) is 16.5. The van der Waals surface area contributed by atoms with E-state index in [4.69, 9.17) is 4.74 Å². The molecule has 0 saturated heterocycles. The predicted molar refractivity (Wildman–Crippen MR) is 91.2 cm³/mol. The van der Waals surface area contributed by atoms with Crippen LogP contribution in [-0.4, -0.2) is 13.2 Å². The van der Waals surface area contributed by atoms with Gasteiger partial charge in [0.25, 0.3) is 0 Å². The molecule has 0 radical (unpaired) electrons. The van der Waals surface area contributed by atoms with Gasteiger partial charge in [-0.2, -0.15) is 0 Å². The van der Waals surface area contributed by atoms with Crippen molar-refractivity contribution in [2.75, 3.05) is 13.2 Å². The summed E-state index contributed by atoms with van der Waals surface area (Å²) in [6.45, 7) is 10.1. The molecule has 0 aliphatic rings. The Morgan fingerprint density at radius 3 is 2.30 bits per heavy atom. The fourth-order valence-electron chi connectivity index (χ4n) is 2.30. The van der Waals surface area contributed by atoms with Gasteiger partial charge in [-0.1, -0.05) is 77.0 Å². The number of allylic oxidation sites excluding steroid dienone is 1. The van der Waals surface area contributed by atoms with Crippen LogP contribution >= 0.6 is 0 Å². The van der Waals surface area contributed by atoms with Gasteiger partial charge in [0.05, 0.1) is 13.2 Å². The first-order chi connectivity index (χ1) is 9.85. The molecule has 0 rings (SSSR count). The molecule has 20 heavy (non-hydrogen) atoms. The van der Waals surface area contributed by atoms with Crippen LogP contribution in [-0.2, 0) is 4.74 Å². The smallest absolute Gasteiger partial charge is 0.0528 e. The summed E-state index contributed by atoms with van der Waals surface area (Å²) in [5.41, 5.74) is 0. The van der Waals surface area contributed by atoms with E-state index < -0.39 is 0 Å². The maximum absolute atomic E-state index is 5.72. The van der Waals surface area contributed by atoms with E-state index in [1.807, 2.05) is 0 Å². The SMILES string of the molecule is C=CC(CCCCCCCCC)COCCC=CCC. The molecule has 1 atom stereocenters.